The van der Waals surface area contributed by atoms with Crippen LogP contribution in [-0.4, -0.2) is 15.3 Å². The van der Waals surface area contributed by atoms with Gasteiger partial charge in [0.15, 0.2) is 5.16 Å². The first-order valence-corrected chi connectivity index (χ1v) is 11.2. The molecule has 0 aliphatic heterocycles. The van der Waals surface area contributed by atoms with Crippen molar-refractivity contribution in [2.24, 2.45) is 0 Å². The number of benzene rings is 1. The second-order valence-corrected chi connectivity index (χ2v) is 9.55. The number of aromatic nitrogens is 2. The maximum atomic E-state index is 13.7. The summed E-state index contributed by atoms with van der Waals surface area (Å²) in [6.07, 6.45) is 3.41. The van der Waals surface area contributed by atoms with Crippen molar-refractivity contribution in [3.05, 3.63) is 62.8 Å². The van der Waals surface area contributed by atoms with Gasteiger partial charge in [0.25, 0.3) is 5.56 Å². The second-order valence-electron chi connectivity index (χ2n) is 7.53. The van der Waals surface area contributed by atoms with Crippen LogP contribution in [0.5, 0.6) is 0 Å². The van der Waals surface area contributed by atoms with Gasteiger partial charge in [-0.3, -0.25) is 9.36 Å². The minimum Gasteiger partial charge on any atom is -0.268 e. The van der Waals surface area contributed by atoms with Crippen LogP contribution in [0, 0.1) is 6.92 Å². The van der Waals surface area contributed by atoms with Crippen molar-refractivity contribution < 1.29 is 0 Å². The maximum absolute atomic E-state index is 13.7. The number of thioether (sulfide) groups is 1. The van der Waals surface area contributed by atoms with E-state index >= 15 is 0 Å². The molecule has 2 aromatic heterocycles. The van der Waals surface area contributed by atoms with Gasteiger partial charge in [0.1, 0.15) is 4.83 Å². The van der Waals surface area contributed by atoms with Crippen molar-refractivity contribution >= 4 is 33.3 Å². The summed E-state index contributed by atoms with van der Waals surface area (Å²) in [4.78, 5) is 20.8. The number of thiophene rings is 1. The zero-order valence-corrected chi connectivity index (χ0v) is 17.7. The predicted molar refractivity (Wildman–Crippen MR) is 117 cm³/mol. The molecule has 0 radical (unpaired) electrons. The van der Waals surface area contributed by atoms with Crippen molar-refractivity contribution in [2.45, 2.75) is 51.1 Å². The van der Waals surface area contributed by atoms with Crippen LogP contribution in [0.4, 0.5) is 0 Å². The van der Waals surface area contributed by atoms with Crippen LogP contribution in [0.2, 0.25) is 0 Å². The monoisotopic (exact) mass is 396 g/mol. The molecule has 5 heteroatoms. The van der Waals surface area contributed by atoms with Crippen molar-refractivity contribution in [1.29, 1.82) is 0 Å². The Bertz CT molecular complexity index is 1080. The second kappa shape index (κ2) is 7.28. The van der Waals surface area contributed by atoms with Crippen LogP contribution in [-0.2, 0) is 6.42 Å². The van der Waals surface area contributed by atoms with E-state index in [1.807, 2.05) is 31.2 Å². The summed E-state index contributed by atoms with van der Waals surface area (Å²) < 4.78 is 1.80. The van der Waals surface area contributed by atoms with Gasteiger partial charge in [0.05, 0.1) is 11.1 Å². The van der Waals surface area contributed by atoms with Crippen LogP contribution in [0.25, 0.3) is 15.9 Å². The molecule has 2 heterocycles. The molecule has 27 heavy (non-hydrogen) atoms. The van der Waals surface area contributed by atoms with E-state index < -0.39 is 0 Å². The molecular weight excluding hydrogens is 372 g/mol. The molecule has 140 valence electrons. The summed E-state index contributed by atoms with van der Waals surface area (Å²) in [6.45, 7) is 10.3. The third kappa shape index (κ3) is 3.39. The lowest BCUT2D eigenvalue weighted by Gasteiger charge is -2.19. The third-order valence-corrected chi connectivity index (χ3v) is 7.41. The Hall–Kier alpha value is -1.85. The summed E-state index contributed by atoms with van der Waals surface area (Å²) in [5, 5.41) is 1.59. The highest BCUT2D eigenvalue weighted by Crippen LogP contribution is 2.41. The van der Waals surface area contributed by atoms with E-state index in [1.54, 1.807) is 27.7 Å². The number of nitrogens with zero attached hydrogens (tertiary/aromatic N) is 2. The van der Waals surface area contributed by atoms with Crippen LogP contribution in [0.3, 0.4) is 0 Å². The van der Waals surface area contributed by atoms with Crippen molar-refractivity contribution in [3.8, 4) is 5.69 Å². The summed E-state index contributed by atoms with van der Waals surface area (Å²) >= 11 is 3.30. The average Bonchev–Trinajstić information content (AvgIpc) is 3.01. The Labute approximate surface area is 168 Å². The molecule has 3 nitrogen and oxygen atoms in total. The zero-order chi connectivity index (χ0) is 19.1. The highest BCUT2D eigenvalue weighted by Gasteiger charge is 2.26. The molecule has 4 rings (SSSR count). The molecule has 0 fully saturated rings. The molecule has 3 aromatic rings. The number of hydrogen-bond acceptors (Lipinski definition) is 4. The highest BCUT2D eigenvalue weighted by atomic mass is 32.2. The third-order valence-electron chi connectivity index (χ3n) is 5.08. The fourth-order valence-electron chi connectivity index (χ4n) is 3.72. The standard InChI is InChI=1S/C22H24N2OS2/c1-13(2)12-26-22-23-20-19(18-15(4)6-5-7-17(18)27-20)21(25)24(22)16-10-8-14(3)9-11-16/h8-11,15H,1,5-7,12H2,2-4H3/t15-/m0/s1. The SMILES string of the molecule is C=C(C)CSc1nc2sc3c(c2c(=O)n1-c1ccc(C)cc1)[C@@H](C)CCC3. The van der Waals surface area contributed by atoms with Gasteiger partial charge in [0.2, 0.25) is 0 Å². The quantitative estimate of drug-likeness (QED) is 0.314. The maximum Gasteiger partial charge on any atom is 0.267 e. The molecule has 0 amide bonds. The van der Waals surface area contributed by atoms with Crippen LogP contribution in [0.15, 0.2) is 46.4 Å². The molecule has 0 saturated heterocycles. The predicted octanol–water partition coefficient (Wildman–Crippen LogP) is 5.86. The lowest BCUT2D eigenvalue weighted by Crippen LogP contribution is -2.22. The molecule has 1 aromatic carbocycles. The van der Waals surface area contributed by atoms with Gasteiger partial charge in [-0.05, 0) is 56.7 Å². The molecule has 1 aliphatic carbocycles. The fraction of sp³-hybridized carbons (Fsp3) is 0.364. The minimum absolute atomic E-state index is 0.0688. The van der Waals surface area contributed by atoms with Gasteiger partial charge < -0.3 is 0 Å². The van der Waals surface area contributed by atoms with Crippen LogP contribution < -0.4 is 5.56 Å². The summed E-state index contributed by atoms with van der Waals surface area (Å²) in [5.74, 6) is 1.18. The van der Waals surface area contributed by atoms with Gasteiger partial charge in [-0.2, -0.15) is 0 Å². The topological polar surface area (TPSA) is 34.9 Å². The first-order chi connectivity index (χ1) is 13.0. The Morgan fingerprint density at radius 2 is 2.11 bits per heavy atom. The summed E-state index contributed by atoms with van der Waals surface area (Å²) in [5.41, 5.74) is 4.45. The summed E-state index contributed by atoms with van der Waals surface area (Å²) in [7, 11) is 0. The van der Waals surface area contributed by atoms with Crippen molar-refractivity contribution in [2.75, 3.05) is 5.75 Å². The largest absolute Gasteiger partial charge is 0.268 e. The molecule has 1 atom stereocenters. The Morgan fingerprint density at radius 3 is 2.81 bits per heavy atom. The van der Waals surface area contributed by atoms with E-state index in [-0.39, 0.29) is 5.56 Å². The number of aryl methyl sites for hydroxylation is 2. The molecule has 0 unspecified atom stereocenters. The zero-order valence-electron chi connectivity index (χ0n) is 16.0. The summed E-state index contributed by atoms with van der Waals surface area (Å²) in [6, 6.07) is 8.12. The normalized spacial score (nSPS) is 16.5. The lowest BCUT2D eigenvalue weighted by molar-refractivity contribution is 0.601. The number of hydrogen-bond donors (Lipinski definition) is 0. The Balaban J connectivity index is 1.99. The minimum atomic E-state index is 0.0688. The van der Waals surface area contributed by atoms with E-state index in [1.165, 1.54) is 22.4 Å². The Kier molecular flexibility index (Phi) is 4.99. The molecule has 0 N–H and O–H groups in total. The average molecular weight is 397 g/mol. The van der Waals surface area contributed by atoms with E-state index in [2.05, 4.69) is 20.4 Å². The van der Waals surface area contributed by atoms with Crippen LogP contribution >= 0.6 is 23.1 Å². The van der Waals surface area contributed by atoms with Gasteiger partial charge >= 0.3 is 0 Å². The lowest BCUT2D eigenvalue weighted by atomic mass is 9.88. The van der Waals surface area contributed by atoms with Crippen LogP contribution in [0.1, 0.15) is 48.6 Å². The first kappa shape index (κ1) is 18.5. The van der Waals surface area contributed by atoms with Gasteiger partial charge in [-0.15, -0.1) is 11.3 Å². The van der Waals surface area contributed by atoms with E-state index in [0.717, 1.165) is 45.2 Å². The van der Waals surface area contributed by atoms with E-state index in [4.69, 9.17) is 4.98 Å². The van der Waals surface area contributed by atoms with Gasteiger partial charge in [-0.25, -0.2) is 4.98 Å². The molecular formula is C22H24N2OS2. The van der Waals surface area contributed by atoms with Gasteiger partial charge in [-0.1, -0.05) is 48.5 Å². The fourth-order valence-corrected chi connectivity index (χ4v) is 5.96. The number of rotatable bonds is 4. The highest BCUT2D eigenvalue weighted by molar-refractivity contribution is 7.99. The molecule has 0 spiro atoms. The van der Waals surface area contributed by atoms with Crippen molar-refractivity contribution in [1.82, 2.24) is 9.55 Å². The van der Waals surface area contributed by atoms with Crippen molar-refractivity contribution in [3.63, 3.8) is 0 Å². The smallest absolute Gasteiger partial charge is 0.267 e. The Morgan fingerprint density at radius 1 is 1.37 bits per heavy atom. The van der Waals surface area contributed by atoms with E-state index in [9.17, 15) is 4.79 Å². The molecule has 0 saturated carbocycles. The van der Waals surface area contributed by atoms with E-state index in [0.29, 0.717) is 5.92 Å². The first-order valence-electron chi connectivity index (χ1n) is 9.38. The molecule has 1 aliphatic rings. The number of fused-ring (bicyclic) bond motifs is 3. The molecule has 0 bridgehead atoms. The van der Waals surface area contributed by atoms with Gasteiger partial charge in [0, 0.05) is 10.6 Å².